The Labute approximate surface area is 194 Å². The fourth-order valence-corrected chi connectivity index (χ4v) is 5.80. The second-order valence-electron chi connectivity index (χ2n) is 9.17. The summed E-state index contributed by atoms with van der Waals surface area (Å²) in [7, 11) is -3.81. The minimum absolute atomic E-state index is 0.0114. The Morgan fingerprint density at radius 3 is 2.42 bits per heavy atom. The lowest BCUT2D eigenvalue weighted by molar-refractivity contribution is -0.0811. The molecule has 0 amide bonds. The van der Waals surface area contributed by atoms with E-state index < -0.39 is 34.5 Å². The van der Waals surface area contributed by atoms with Crippen LogP contribution in [0.15, 0.2) is 54.7 Å². The molecule has 2 heterocycles. The van der Waals surface area contributed by atoms with Gasteiger partial charge in [-0.3, -0.25) is 0 Å². The molecule has 1 N–H and O–H groups in total. The van der Waals surface area contributed by atoms with Crippen LogP contribution in [0.5, 0.6) is 0 Å². The minimum atomic E-state index is -3.81. The average Bonchev–Trinajstić information content (AvgIpc) is 2.80. The maximum Gasteiger partial charge on any atom is 0.281 e. The third kappa shape index (κ3) is 6.28. The SMILES string of the molecule is CS(=O)(=O)N[C@@H]1[C@H](COC2CCC(c3ccccc3)CC2)CN(c2ccccn2)CC1(F)F. The molecule has 0 spiro atoms. The van der Waals surface area contributed by atoms with Crippen molar-refractivity contribution in [3.8, 4) is 0 Å². The van der Waals surface area contributed by atoms with E-state index in [-0.39, 0.29) is 19.3 Å². The molecule has 0 radical (unpaired) electrons. The van der Waals surface area contributed by atoms with Gasteiger partial charge in [0.15, 0.2) is 0 Å². The zero-order chi connectivity index (χ0) is 23.5. The van der Waals surface area contributed by atoms with Gasteiger partial charge in [0.2, 0.25) is 10.0 Å². The number of sulfonamides is 1. The third-order valence-electron chi connectivity index (χ3n) is 6.59. The Kier molecular flexibility index (Phi) is 7.31. The van der Waals surface area contributed by atoms with E-state index in [1.807, 2.05) is 18.2 Å². The summed E-state index contributed by atoms with van der Waals surface area (Å²) in [5, 5.41) is 0. The van der Waals surface area contributed by atoms with Crippen LogP contribution >= 0.6 is 0 Å². The van der Waals surface area contributed by atoms with Crippen molar-refractivity contribution in [2.24, 2.45) is 5.92 Å². The Morgan fingerprint density at radius 2 is 1.79 bits per heavy atom. The van der Waals surface area contributed by atoms with E-state index in [9.17, 15) is 8.42 Å². The smallest absolute Gasteiger partial charge is 0.281 e. The third-order valence-corrected chi connectivity index (χ3v) is 7.27. The highest BCUT2D eigenvalue weighted by atomic mass is 32.2. The number of aromatic nitrogens is 1. The number of benzene rings is 1. The van der Waals surface area contributed by atoms with Gasteiger partial charge in [-0.1, -0.05) is 36.4 Å². The van der Waals surface area contributed by atoms with Crippen LogP contribution in [-0.4, -0.2) is 57.4 Å². The van der Waals surface area contributed by atoms with Crippen molar-refractivity contribution in [1.82, 2.24) is 9.71 Å². The van der Waals surface area contributed by atoms with Crippen molar-refractivity contribution in [1.29, 1.82) is 0 Å². The maximum absolute atomic E-state index is 15.1. The summed E-state index contributed by atoms with van der Waals surface area (Å²) in [5.41, 5.74) is 1.33. The average molecular weight is 480 g/mol. The molecule has 2 fully saturated rings. The largest absolute Gasteiger partial charge is 0.378 e. The quantitative estimate of drug-likeness (QED) is 0.654. The molecule has 33 heavy (non-hydrogen) atoms. The van der Waals surface area contributed by atoms with E-state index in [1.165, 1.54) is 10.5 Å². The summed E-state index contributed by atoms with van der Waals surface area (Å²) in [4.78, 5) is 5.72. The first-order valence-electron chi connectivity index (χ1n) is 11.4. The first-order chi connectivity index (χ1) is 15.7. The second kappa shape index (κ2) is 10.0. The molecule has 6 nitrogen and oxygen atoms in total. The van der Waals surface area contributed by atoms with Crippen molar-refractivity contribution in [2.75, 3.05) is 30.9 Å². The summed E-state index contributed by atoms with van der Waals surface area (Å²) in [5.74, 6) is -3.04. The van der Waals surface area contributed by atoms with Crippen molar-refractivity contribution in [3.05, 3.63) is 60.3 Å². The molecule has 1 aliphatic heterocycles. The Balaban J connectivity index is 1.42. The number of halogens is 2. The van der Waals surface area contributed by atoms with Crippen LogP contribution in [-0.2, 0) is 14.8 Å². The van der Waals surface area contributed by atoms with Crippen LogP contribution in [0.25, 0.3) is 0 Å². The van der Waals surface area contributed by atoms with Crippen molar-refractivity contribution in [2.45, 2.75) is 49.7 Å². The molecule has 0 bridgehead atoms. The van der Waals surface area contributed by atoms with Crippen LogP contribution in [0.3, 0.4) is 0 Å². The first-order valence-corrected chi connectivity index (χ1v) is 13.3. The van der Waals surface area contributed by atoms with Crippen LogP contribution in [0.2, 0.25) is 0 Å². The lowest BCUT2D eigenvalue weighted by atomic mass is 9.82. The number of hydrogen-bond acceptors (Lipinski definition) is 5. The summed E-state index contributed by atoms with van der Waals surface area (Å²) < 4.78 is 62.3. The van der Waals surface area contributed by atoms with Gasteiger partial charge in [-0.05, 0) is 49.3 Å². The number of piperidine rings is 1. The minimum Gasteiger partial charge on any atom is -0.378 e. The van der Waals surface area contributed by atoms with E-state index in [4.69, 9.17) is 4.74 Å². The highest BCUT2D eigenvalue weighted by Crippen LogP contribution is 2.36. The summed E-state index contributed by atoms with van der Waals surface area (Å²) >= 11 is 0. The van der Waals surface area contributed by atoms with Gasteiger partial charge in [0.1, 0.15) is 5.82 Å². The Bertz CT molecular complexity index is 1000. The first kappa shape index (κ1) is 24.0. The number of rotatable bonds is 7. The van der Waals surface area contributed by atoms with Gasteiger partial charge >= 0.3 is 0 Å². The monoisotopic (exact) mass is 479 g/mol. The Morgan fingerprint density at radius 1 is 1.09 bits per heavy atom. The van der Waals surface area contributed by atoms with Crippen LogP contribution in [0.1, 0.15) is 37.2 Å². The lowest BCUT2D eigenvalue weighted by Crippen LogP contribution is -2.64. The van der Waals surface area contributed by atoms with Gasteiger partial charge in [0.05, 0.1) is 31.6 Å². The molecule has 0 unspecified atom stereocenters. The van der Waals surface area contributed by atoms with Gasteiger partial charge in [0, 0.05) is 18.7 Å². The highest BCUT2D eigenvalue weighted by molar-refractivity contribution is 7.88. The Hall–Kier alpha value is -2.10. The number of nitrogens with one attached hydrogen (secondary N) is 1. The highest BCUT2D eigenvalue weighted by Gasteiger charge is 2.51. The zero-order valence-electron chi connectivity index (χ0n) is 18.7. The molecule has 9 heteroatoms. The molecule has 1 aromatic carbocycles. The fraction of sp³-hybridized carbons (Fsp3) is 0.542. The van der Waals surface area contributed by atoms with Crippen molar-refractivity contribution < 1.29 is 21.9 Å². The summed E-state index contributed by atoms with van der Waals surface area (Å²) in [6, 6.07) is 14.0. The molecule has 2 aliphatic rings. The molecule has 1 saturated carbocycles. The molecule has 1 aromatic heterocycles. The number of anilines is 1. The van der Waals surface area contributed by atoms with Crippen molar-refractivity contribution in [3.63, 3.8) is 0 Å². The topological polar surface area (TPSA) is 71.5 Å². The molecule has 2 aromatic rings. The fourth-order valence-electron chi connectivity index (χ4n) is 4.98. The number of ether oxygens (including phenoxy) is 1. The second-order valence-corrected chi connectivity index (χ2v) is 11.0. The molecule has 180 valence electrons. The van der Waals surface area contributed by atoms with Gasteiger partial charge in [-0.2, -0.15) is 0 Å². The number of nitrogens with zero attached hydrogens (tertiary/aromatic N) is 2. The van der Waals surface area contributed by atoms with Gasteiger partial charge in [-0.15, -0.1) is 0 Å². The zero-order valence-corrected chi connectivity index (χ0v) is 19.6. The predicted molar refractivity (Wildman–Crippen MR) is 124 cm³/mol. The molecular formula is C24H31F2N3O3S. The standard InChI is InChI=1S/C24H31F2N3O3S/c1-33(30,31)28-23-20(15-29(17-24(23,25)26)22-9-5-6-14-27-22)16-32-21-12-10-19(11-13-21)18-7-3-2-4-8-18/h2-9,14,19-21,23,28H,10-13,15-17H2,1H3/t19?,20-,21?,23+/m0/s1. The number of pyridine rings is 1. The van der Waals surface area contributed by atoms with Crippen molar-refractivity contribution >= 4 is 15.8 Å². The maximum atomic E-state index is 15.1. The van der Waals surface area contributed by atoms with Crippen LogP contribution in [0.4, 0.5) is 14.6 Å². The summed E-state index contributed by atoms with van der Waals surface area (Å²) in [6.45, 7) is -0.304. The van der Waals surface area contributed by atoms with E-state index in [0.29, 0.717) is 11.7 Å². The van der Waals surface area contributed by atoms with Crippen LogP contribution in [0, 0.1) is 5.92 Å². The van der Waals surface area contributed by atoms with E-state index in [0.717, 1.165) is 31.9 Å². The van der Waals surface area contributed by atoms with E-state index in [1.54, 1.807) is 24.4 Å². The molecule has 2 atom stereocenters. The molecule has 4 rings (SSSR count). The van der Waals surface area contributed by atoms with Gasteiger partial charge in [-0.25, -0.2) is 26.9 Å². The number of hydrogen-bond donors (Lipinski definition) is 1. The molecular weight excluding hydrogens is 448 g/mol. The summed E-state index contributed by atoms with van der Waals surface area (Å²) in [6.07, 6.45) is 6.15. The normalized spacial score (nSPS) is 27.9. The van der Waals surface area contributed by atoms with Crippen LogP contribution < -0.4 is 9.62 Å². The lowest BCUT2D eigenvalue weighted by Gasteiger charge is -2.44. The predicted octanol–water partition coefficient (Wildman–Crippen LogP) is 3.81. The number of alkyl halides is 2. The van der Waals surface area contributed by atoms with Gasteiger partial charge in [0.25, 0.3) is 5.92 Å². The molecule has 1 aliphatic carbocycles. The van der Waals surface area contributed by atoms with E-state index in [2.05, 4.69) is 21.8 Å². The molecule has 1 saturated heterocycles. The van der Waals surface area contributed by atoms with E-state index >= 15 is 8.78 Å². The van der Waals surface area contributed by atoms with Gasteiger partial charge < -0.3 is 9.64 Å².